The van der Waals surface area contributed by atoms with Crippen molar-refractivity contribution in [3.05, 3.63) is 58.4 Å². The molecule has 7 nitrogen and oxygen atoms in total. The van der Waals surface area contributed by atoms with Gasteiger partial charge in [0.25, 0.3) is 5.76 Å². The van der Waals surface area contributed by atoms with Crippen molar-refractivity contribution >= 4 is 16.9 Å². The molecule has 0 fully saturated rings. The maximum atomic E-state index is 13.6. The van der Waals surface area contributed by atoms with E-state index in [9.17, 15) is 22.8 Å². The molecule has 0 aliphatic carbocycles. The number of methoxy groups -OCH3 is 2. The molecule has 2 aromatic carbocycles. The minimum Gasteiger partial charge on any atom is -0.497 e. The lowest BCUT2D eigenvalue weighted by atomic mass is 10.2. The maximum Gasteiger partial charge on any atom is 0.453 e. The highest BCUT2D eigenvalue weighted by molar-refractivity contribution is 5.80. The van der Waals surface area contributed by atoms with Crippen LogP contribution in [0.25, 0.3) is 11.0 Å². The maximum absolute atomic E-state index is 13.6. The van der Waals surface area contributed by atoms with Crippen LogP contribution in [0.4, 0.5) is 13.2 Å². The van der Waals surface area contributed by atoms with Gasteiger partial charge in [0.05, 0.1) is 19.6 Å². The van der Waals surface area contributed by atoms with Gasteiger partial charge in [0, 0.05) is 12.1 Å². The summed E-state index contributed by atoms with van der Waals surface area (Å²) in [5.74, 6) is -2.98. The van der Waals surface area contributed by atoms with E-state index in [1.54, 1.807) is 6.07 Å². The van der Waals surface area contributed by atoms with Gasteiger partial charge in [-0.1, -0.05) is 6.07 Å². The van der Waals surface area contributed by atoms with E-state index in [1.165, 1.54) is 37.4 Å². The predicted molar refractivity (Wildman–Crippen MR) is 98.1 cm³/mol. The van der Waals surface area contributed by atoms with Crippen molar-refractivity contribution in [1.29, 1.82) is 0 Å². The number of carbonyl (C=O) groups is 1. The van der Waals surface area contributed by atoms with Gasteiger partial charge < -0.3 is 23.4 Å². The van der Waals surface area contributed by atoms with Crippen molar-refractivity contribution in [3.63, 3.8) is 0 Å². The first-order chi connectivity index (χ1) is 14.2. The Hall–Kier alpha value is -3.69. The number of esters is 1. The fourth-order valence-electron chi connectivity index (χ4n) is 2.51. The molecule has 0 aliphatic heterocycles. The van der Waals surface area contributed by atoms with Crippen LogP contribution in [0.3, 0.4) is 0 Å². The van der Waals surface area contributed by atoms with E-state index in [-0.39, 0.29) is 22.5 Å². The zero-order chi connectivity index (χ0) is 21.9. The van der Waals surface area contributed by atoms with Crippen LogP contribution in [0.15, 0.2) is 51.7 Å². The summed E-state index contributed by atoms with van der Waals surface area (Å²) in [7, 11) is 2.54. The summed E-state index contributed by atoms with van der Waals surface area (Å²) in [5, 5.41) is -0.161. The predicted octanol–water partition coefficient (Wildman–Crippen LogP) is 4.16. The Bertz CT molecular complexity index is 1140. The minimum absolute atomic E-state index is 0.0191. The third-order valence-electron chi connectivity index (χ3n) is 3.93. The quantitative estimate of drug-likeness (QED) is 0.550. The average Bonchev–Trinajstić information content (AvgIpc) is 2.73. The molecule has 0 saturated heterocycles. The monoisotopic (exact) mass is 424 g/mol. The lowest BCUT2D eigenvalue weighted by molar-refractivity contribution is -0.154. The summed E-state index contributed by atoms with van der Waals surface area (Å²) in [6.45, 7) is -0.463. The molecule has 0 unspecified atom stereocenters. The SMILES string of the molecule is COC(=O)COc1ccc2c(=O)c(Oc3cccc(OC)c3)c(C(F)(F)F)oc2c1. The minimum atomic E-state index is -5.01. The van der Waals surface area contributed by atoms with E-state index in [0.717, 1.165) is 13.2 Å². The summed E-state index contributed by atoms with van der Waals surface area (Å²) in [4.78, 5) is 23.9. The van der Waals surface area contributed by atoms with Crippen LogP contribution < -0.4 is 19.6 Å². The largest absolute Gasteiger partial charge is 0.497 e. The average molecular weight is 424 g/mol. The lowest BCUT2D eigenvalue weighted by Crippen LogP contribution is -2.16. The molecule has 0 aliphatic rings. The van der Waals surface area contributed by atoms with E-state index in [1.807, 2.05) is 0 Å². The van der Waals surface area contributed by atoms with E-state index >= 15 is 0 Å². The van der Waals surface area contributed by atoms with Gasteiger partial charge in [0.1, 0.15) is 22.8 Å². The summed E-state index contributed by atoms with van der Waals surface area (Å²) in [6, 6.07) is 9.36. The van der Waals surface area contributed by atoms with Crippen LogP contribution in [-0.2, 0) is 15.7 Å². The highest BCUT2D eigenvalue weighted by Gasteiger charge is 2.40. The van der Waals surface area contributed by atoms with Crippen LogP contribution in [0.2, 0.25) is 0 Å². The number of hydrogen-bond acceptors (Lipinski definition) is 7. The zero-order valence-electron chi connectivity index (χ0n) is 15.7. The number of carbonyl (C=O) groups excluding carboxylic acids is 1. The van der Waals surface area contributed by atoms with E-state index in [0.29, 0.717) is 5.75 Å². The van der Waals surface area contributed by atoms with E-state index in [2.05, 4.69) is 4.74 Å². The molecule has 0 amide bonds. The molecule has 1 heterocycles. The fraction of sp³-hybridized carbons (Fsp3) is 0.200. The normalized spacial score (nSPS) is 11.2. The molecule has 158 valence electrons. The number of alkyl halides is 3. The molecule has 0 bridgehead atoms. The Morgan fingerprint density at radius 3 is 2.43 bits per heavy atom. The molecule has 0 atom stereocenters. The van der Waals surface area contributed by atoms with Gasteiger partial charge in [0.15, 0.2) is 6.61 Å². The Labute approximate surface area is 167 Å². The van der Waals surface area contributed by atoms with Crippen LogP contribution in [-0.4, -0.2) is 26.8 Å². The Kier molecular flexibility index (Phi) is 5.86. The molecule has 3 aromatic rings. The third kappa shape index (κ3) is 4.48. The molecule has 0 radical (unpaired) electrons. The second kappa shape index (κ2) is 8.36. The van der Waals surface area contributed by atoms with Crippen LogP contribution >= 0.6 is 0 Å². The second-order valence-corrected chi connectivity index (χ2v) is 5.89. The van der Waals surface area contributed by atoms with E-state index < -0.39 is 35.7 Å². The number of benzene rings is 2. The number of hydrogen-bond donors (Lipinski definition) is 0. The van der Waals surface area contributed by atoms with Gasteiger partial charge in [0.2, 0.25) is 11.2 Å². The molecule has 30 heavy (non-hydrogen) atoms. The fourth-order valence-corrected chi connectivity index (χ4v) is 2.51. The van der Waals surface area contributed by atoms with Crippen molar-refractivity contribution in [1.82, 2.24) is 0 Å². The van der Waals surface area contributed by atoms with Gasteiger partial charge >= 0.3 is 12.1 Å². The summed E-state index contributed by atoms with van der Waals surface area (Å²) in [6.07, 6.45) is -5.01. The highest BCUT2D eigenvalue weighted by atomic mass is 19.4. The molecule has 10 heteroatoms. The number of halogens is 3. The first-order valence-corrected chi connectivity index (χ1v) is 8.42. The Morgan fingerprint density at radius 1 is 1.03 bits per heavy atom. The van der Waals surface area contributed by atoms with Crippen molar-refractivity contribution in [2.24, 2.45) is 0 Å². The van der Waals surface area contributed by atoms with Crippen molar-refractivity contribution in [3.8, 4) is 23.0 Å². The molecule has 3 rings (SSSR count). The lowest BCUT2D eigenvalue weighted by Gasteiger charge is -2.14. The molecule has 0 N–H and O–H groups in total. The molecular weight excluding hydrogens is 409 g/mol. The molecular formula is C20H15F3O7. The smallest absolute Gasteiger partial charge is 0.453 e. The molecule has 1 aromatic heterocycles. The highest BCUT2D eigenvalue weighted by Crippen LogP contribution is 2.39. The third-order valence-corrected chi connectivity index (χ3v) is 3.93. The van der Waals surface area contributed by atoms with Gasteiger partial charge in [-0.25, -0.2) is 4.79 Å². The first kappa shape index (κ1) is 21.0. The number of fused-ring (bicyclic) bond motifs is 1. The van der Waals surface area contributed by atoms with Crippen molar-refractivity contribution in [2.45, 2.75) is 6.18 Å². The summed E-state index contributed by atoms with van der Waals surface area (Å²) in [5.41, 5.74) is -1.40. The first-order valence-electron chi connectivity index (χ1n) is 8.42. The summed E-state index contributed by atoms with van der Waals surface area (Å²) < 4.78 is 65.5. The second-order valence-electron chi connectivity index (χ2n) is 5.89. The molecule has 0 saturated carbocycles. The standard InChI is InChI=1S/C20H15F3O7/c1-26-11-4-3-5-13(8-11)29-18-17(25)14-7-6-12(28-10-16(24)27-2)9-15(14)30-19(18)20(21,22)23/h3-9H,10H2,1-2H3. The molecule has 0 spiro atoms. The van der Waals surface area contributed by atoms with Gasteiger partial charge in [-0.2, -0.15) is 13.2 Å². The van der Waals surface area contributed by atoms with Crippen LogP contribution in [0.5, 0.6) is 23.0 Å². The number of rotatable bonds is 6. The summed E-state index contributed by atoms with van der Waals surface area (Å²) >= 11 is 0. The van der Waals surface area contributed by atoms with E-state index in [4.69, 9.17) is 18.6 Å². The van der Waals surface area contributed by atoms with Gasteiger partial charge in [-0.15, -0.1) is 0 Å². The van der Waals surface area contributed by atoms with Gasteiger partial charge in [-0.05, 0) is 24.3 Å². The van der Waals surface area contributed by atoms with Gasteiger partial charge in [-0.3, -0.25) is 4.79 Å². The van der Waals surface area contributed by atoms with Crippen LogP contribution in [0.1, 0.15) is 5.76 Å². The topological polar surface area (TPSA) is 84.2 Å². The van der Waals surface area contributed by atoms with Crippen molar-refractivity contribution in [2.75, 3.05) is 20.8 Å². The number of ether oxygens (including phenoxy) is 4. The van der Waals surface area contributed by atoms with Crippen LogP contribution in [0, 0.1) is 0 Å². The zero-order valence-corrected chi connectivity index (χ0v) is 15.7. The Morgan fingerprint density at radius 2 is 1.77 bits per heavy atom. The Balaban J connectivity index is 2.08. The van der Waals surface area contributed by atoms with Crippen molar-refractivity contribution < 1.29 is 41.3 Å².